The fourth-order valence-corrected chi connectivity index (χ4v) is 4.31. The number of aliphatic hydroxyl groups excluding tert-OH is 1. The van der Waals surface area contributed by atoms with Crippen molar-refractivity contribution < 1.29 is 14.6 Å². The molecule has 2 unspecified atom stereocenters. The lowest BCUT2D eigenvalue weighted by atomic mass is 9.62. The number of rotatable bonds is 7. The molecule has 0 aliphatic heterocycles. The number of nitrogens with two attached hydrogens (primary N) is 1. The highest BCUT2D eigenvalue weighted by molar-refractivity contribution is 6.31. The van der Waals surface area contributed by atoms with Crippen molar-refractivity contribution >= 4 is 17.6 Å². The highest BCUT2D eigenvalue weighted by Gasteiger charge is 2.48. The number of aryl methyl sites for hydroxylation is 1. The number of carbonyl (C=O) groups is 1. The number of methoxy groups -OCH3 is 1. The van der Waals surface area contributed by atoms with Gasteiger partial charge in [-0.25, -0.2) is 0 Å². The maximum Gasteiger partial charge on any atom is 0.311 e. The van der Waals surface area contributed by atoms with Crippen molar-refractivity contribution in [1.82, 2.24) is 0 Å². The van der Waals surface area contributed by atoms with Crippen LogP contribution in [-0.2, 0) is 21.5 Å². The van der Waals surface area contributed by atoms with Gasteiger partial charge in [0.15, 0.2) is 0 Å². The van der Waals surface area contributed by atoms with Gasteiger partial charge in [-0.3, -0.25) is 4.79 Å². The van der Waals surface area contributed by atoms with E-state index >= 15 is 0 Å². The summed E-state index contributed by atoms with van der Waals surface area (Å²) in [5.41, 5.74) is 8.00. The summed E-state index contributed by atoms with van der Waals surface area (Å²) in [6.45, 7) is 8.67. The van der Waals surface area contributed by atoms with E-state index in [1.165, 1.54) is 7.11 Å². The molecule has 152 valence electrons. The molecular formula is C22H34ClNO3. The first-order valence-corrected chi connectivity index (χ1v) is 10.1. The number of carbonyl (C=O) groups excluding carboxylic acids is 1. The third-order valence-electron chi connectivity index (χ3n) is 5.92. The third kappa shape index (κ3) is 5.24. The first kappa shape index (κ1) is 22.2. The topological polar surface area (TPSA) is 72.5 Å². The van der Waals surface area contributed by atoms with E-state index in [0.29, 0.717) is 5.02 Å². The standard InChI is InChI=1S/C22H34ClNO3/c1-21(2,3)9-8-15-6-7-17(12-18(15)23)22(4,24)19(20(26)27-5)16-10-14(11-16)13-25/h6-7,12,14,16,19,25H,8-11,13,24H2,1-5H3. The van der Waals surface area contributed by atoms with Crippen molar-refractivity contribution in [2.45, 2.75) is 58.9 Å². The Kier molecular flexibility index (Phi) is 6.99. The number of hydrogen-bond donors (Lipinski definition) is 2. The van der Waals surface area contributed by atoms with E-state index in [9.17, 15) is 9.90 Å². The Hall–Kier alpha value is -1.10. The minimum atomic E-state index is -0.885. The SMILES string of the molecule is COC(=O)C(C1CC(CO)C1)C(C)(N)c1ccc(CCC(C)(C)C)c(Cl)c1. The molecule has 3 N–H and O–H groups in total. The lowest BCUT2D eigenvalue weighted by Crippen LogP contribution is -2.52. The predicted octanol–water partition coefficient (Wildman–Crippen LogP) is 4.30. The van der Waals surface area contributed by atoms with Gasteiger partial charge in [0.2, 0.25) is 0 Å². The normalized spacial score (nSPS) is 23.3. The van der Waals surface area contributed by atoms with Crippen LogP contribution in [0.1, 0.15) is 58.1 Å². The van der Waals surface area contributed by atoms with Crippen LogP contribution < -0.4 is 5.73 Å². The van der Waals surface area contributed by atoms with Gasteiger partial charge >= 0.3 is 5.97 Å². The second kappa shape index (κ2) is 8.50. The van der Waals surface area contributed by atoms with E-state index < -0.39 is 11.5 Å². The van der Waals surface area contributed by atoms with Gasteiger partial charge in [-0.1, -0.05) is 44.5 Å². The maximum absolute atomic E-state index is 12.5. The van der Waals surface area contributed by atoms with Gasteiger partial charge in [-0.15, -0.1) is 0 Å². The molecule has 1 aliphatic carbocycles. The summed E-state index contributed by atoms with van der Waals surface area (Å²) in [5, 5.41) is 10.0. The molecular weight excluding hydrogens is 362 g/mol. The van der Waals surface area contributed by atoms with Crippen LogP contribution in [0.3, 0.4) is 0 Å². The lowest BCUT2D eigenvalue weighted by molar-refractivity contribution is -0.153. The van der Waals surface area contributed by atoms with Crippen molar-refractivity contribution in [3.05, 3.63) is 34.3 Å². The van der Waals surface area contributed by atoms with Gasteiger partial charge in [0.1, 0.15) is 0 Å². The maximum atomic E-state index is 12.5. The number of aliphatic hydroxyl groups is 1. The second-order valence-electron chi connectivity index (χ2n) is 9.43. The van der Waals surface area contributed by atoms with Gasteiger partial charge in [0.25, 0.3) is 0 Å². The first-order valence-electron chi connectivity index (χ1n) is 9.76. The van der Waals surface area contributed by atoms with Crippen LogP contribution in [-0.4, -0.2) is 24.8 Å². The molecule has 0 heterocycles. The van der Waals surface area contributed by atoms with E-state index in [1.807, 2.05) is 25.1 Å². The molecule has 0 amide bonds. The minimum absolute atomic E-state index is 0.115. The van der Waals surface area contributed by atoms with Gasteiger partial charge in [-0.2, -0.15) is 0 Å². The zero-order valence-electron chi connectivity index (χ0n) is 17.2. The molecule has 1 saturated carbocycles. The Bertz CT molecular complexity index is 660. The minimum Gasteiger partial charge on any atom is -0.469 e. The number of hydrogen-bond acceptors (Lipinski definition) is 4. The summed E-state index contributed by atoms with van der Waals surface area (Å²) >= 11 is 6.55. The Labute approximate surface area is 168 Å². The van der Waals surface area contributed by atoms with E-state index in [1.54, 1.807) is 0 Å². The average molecular weight is 396 g/mol. The molecule has 1 aromatic carbocycles. The molecule has 0 aromatic heterocycles. The molecule has 0 spiro atoms. The fourth-order valence-electron chi connectivity index (χ4n) is 4.04. The molecule has 1 aromatic rings. The van der Waals surface area contributed by atoms with Crippen LogP contribution in [0.2, 0.25) is 5.02 Å². The van der Waals surface area contributed by atoms with E-state index in [4.69, 9.17) is 22.1 Å². The number of ether oxygens (including phenoxy) is 1. The van der Waals surface area contributed by atoms with Gasteiger partial charge in [0.05, 0.1) is 18.6 Å². The second-order valence-corrected chi connectivity index (χ2v) is 9.84. The number of halogens is 1. The van der Waals surface area contributed by atoms with Crippen molar-refractivity contribution in [3.63, 3.8) is 0 Å². The van der Waals surface area contributed by atoms with Crippen molar-refractivity contribution in [2.24, 2.45) is 28.9 Å². The number of benzene rings is 1. The summed E-state index contributed by atoms with van der Waals surface area (Å²) in [5.74, 6) is -0.388. The fraction of sp³-hybridized carbons (Fsp3) is 0.682. The van der Waals surface area contributed by atoms with Gasteiger partial charge < -0.3 is 15.6 Å². The summed E-state index contributed by atoms with van der Waals surface area (Å²) < 4.78 is 5.06. The molecule has 4 nitrogen and oxygen atoms in total. The summed E-state index contributed by atoms with van der Waals surface area (Å²) in [6, 6.07) is 5.92. The molecule has 1 aliphatic rings. The third-order valence-corrected chi connectivity index (χ3v) is 6.27. The van der Waals surface area contributed by atoms with Crippen LogP contribution in [0.5, 0.6) is 0 Å². The van der Waals surface area contributed by atoms with E-state index in [-0.39, 0.29) is 29.8 Å². The summed E-state index contributed by atoms with van der Waals surface area (Å²) in [7, 11) is 1.40. The van der Waals surface area contributed by atoms with Crippen molar-refractivity contribution in [2.75, 3.05) is 13.7 Å². The van der Waals surface area contributed by atoms with Gasteiger partial charge in [0, 0.05) is 11.6 Å². The molecule has 0 bridgehead atoms. The predicted molar refractivity (Wildman–Crippen MR) is 110 cm³/mol. The Morgan fingerprint density at radius 1 is 1.33 bits per heavy atom. The van der Waals surface area contributed by atoms with Crippen LogP contribution in [0, 0.1) is 23.2 Å². The molecule has 0 radical (unpaired) electrons. The van der Waals surface area contributed by atoms with E-state index in [0.717, 1.165) is 36.8 Å². The molecule has 1 fully saturated rings. The zero-order chi connectivity index (χ0) is 20.4. The largest absolute Gasteiger partial charge is 0.469 e. The van der Waals surface area contributed by atoms with E-state index in [2.05, 4.69) is 20.8 Å². The Morgan fingerprint density at radius 3 is 2.44 bits per heavy atom. The Morgan fingerprint density at radius 2 is 1.96 bits per heavy atom. The van der Waals surface area contributed by atoms with Crippen molar-refractivity contribution in [3.8, 4) is 0 Å². The smallest absolute Gasteiger partial charge is 0.311 e. The lowest BCUT2D eigenvalue weighted by Gasteiger charge is -2.45. The quantitative estimate of drug-likeness (QED) is 0.675. The van der Waals surface area contributed by atoms with Crippen LogP contribution in [0.25, 0.3) is 0 Å². The zero-order valence-corrected chi connectivity index (χ0v) is 18.0. The summed E-state index contributed by atoms with van der Waals surface area (Å²) in [6.07, 6.45) is 3.54. The Balaban J connectivity index is 2.24. The molecule has 2 rings (SSSR count). The van der Waals surface area contributed by atoms with Crippen LogP contribution in [0.15, 0.2) is 18.2 Å². The van der Waals surface area contributed by atoms with Crippen molar-refractivity contribution in [1.29, 1.82) is 0 Å². The first-order chi connectivity index (χ1) is 12.5. The monoisotopic (exact) mass is 395 g/mol. The molecule has 2 atom stereocenters. The molecule has 0 saturated heterocycles. The highest BCUT2D eigenvalue weighted by atomic mass is 35.5. The average Bonchev–Trinajstić information content (AvgIpc) is 2.54. The summed E-state index contributed by atoms with van der Waals surface area (Å²) in [4.78, 5) is 12.5. The molecule has 5 heteroatoms. The highest BCUT2D eigenvalue weighted by Crippen LogP contribution is 2.46. The van der Waals surface area contributed by atoms with Gasteiger partial charge in [-0.05, 0) is 67.1 Å². The van der Waals surface area contributed by atoms with Crippen LogP contribution >= 0.6 is 11.6 Å². The number of esters is 1. The molecule has 27 heavy (non-hydrogen) atoms. The van der Waals surface area contributed by atoms with Crippen LogP contribution in [0.4, 0.5) is 0 Å².